The van der Waals surface area contributed by atoms with Crippen LogP contribution in [0.2, 0.25) is 0 Å². The molecule has 4 rings (SSSR count). The lowest BCUT2D eigenvalue weighted by Gasteiger charge is -2.13. The third-order valence-corrected chi connectivity index (χ3v) is 5.03. The van der Waals surface area contributed by atoms with Crippen molar-refractivity contribution >= 4 is 0 Å². The molecule has 0 amide bonds. The van der Waals surface area contributed by atoms with E-state index in [1.165, 1.54) is 5.56 Å². The van der Waals surface area contributed by atoms with E-state index < -0.39 is 0 Å². The van der Waals surface area contributed by atoms with Crippen LogP contribution in [0.5, 0.6) is 17.2 Å². The van der Waals surface area contributed by atoms with E-state index >= 15 is 0 Å². The summed E-state index contributed by atoms with van der Waals surface area (Å²) in [5.41, 5.74) is 4.58. The first-order chi connectivity index (χ1) is 14.8. The van der Waals surface area contributed by atoms with Gasteiger partial charge in [0.1, 0.15) is 12.4 Å². The van der Waals surface area contributed by atoms with Gasteiger partial charge in [-0.25, -0.2) is 0 Å². The van der Waals surface area contributed by atoms with Crippen molar-refractivity contribution in [2.75, 3.05) is 14.2 Å². The van der Waals surface area contributed by atoms with E-state index in [4.69, 9.17) is 14.2 Å². The van der Waals surface area contributed by atoms with Gasteiger partial charge in [0.05, 0.1) is 14.2 Å². The molecular weight excluding hydrogens is 374 g/mol. The van der Waals surface area contributed by atoms with E-state index in [2.05, 4.69) is 47.2 Å². The Kier molecular flexibility index (Phi) is 6.04. The fourth-order valence-electron chi connectivity index (χ4n) is 3.44. The SMILES string of the molecule is COc1ccc(-c2cccn2Cc2ccc(OCc3ccccc3)cc2)cc1OC. The van der Waals surface area contributed by atoms with Gasteiger partial charge in [-0.2, -0.15) is 0 Å². The van der Waals surface area contributed by atoms with Crippen LogP contribution in [0.1, 0.15) is 11.1 Å². The Morgan fingerprint density at radius 1 is 0.700 bits per heavy atom. The van der Waals surface area contributed by atoms with Crippen molar-refractivity contribution in [2.24, 2.45) is 0 Å². The quantitative estimate of drug-likeness (QED) is 0.375. The fourth-order valence-corrected chi connectivity index (χ4v) is 3.44. The average molecular weight is 399 g/mol. The standard InChI is InChI=1S/C26H25NO3/c1-28-25-15-12-22(17-26(25)29-2)24-9-6-16-27(24)18-20-10-13-23(14-11-20)30-19-21-7-4-3-5-8-21/h3-17H,18-19H2,1-2H3. The largest absolute Gasteiger partial charge is 0.493 e. The highest BCUT2D eigenvalue weighted by Gasteiger charge is 2.10. The number of aromatic nitrogens is 1. The van der Waals surface area contributed by atoms with Gasteiger partial charge >= 0.3 is 0 Å². The molecule has 4 nitrogen and oxygen atoms in total. The summed E-state index contributed by atoms with van der Waals surface area (Å²) in [6.45, 7) is 1.34. The molecule has 0 aliphatic rings. The molecule has 0 aliphatic heterocycles. The lowest BCUT2D eigenvalue weighted by Crippen LogP contribution is -2.01. The third kappa shape index (κ3) is 4.49. The highest BCUT2D eigenvalue weighted by molar-refractivity contribution is 5.65. The van der Waals surface area contributed by atoms with E-state index in [1.807, 2.05) is 48.5 Å². The van der Waals surface area contributed by atoms with Crippen molar-refractivity contribution in [1.82, 2.24) is 4.57 Å². The van der Waals surface area contributed by atoms with Crippen LogP contribution < -0.4 is 14.2 Å². The Hall–Kier alpha value is -3.66. The molecule has 152 valence electrons. The van der Waals surface area contributed by atoms with E-state index in [0.29, 0.717) is 6.61 Å². The number of methoxy groups -OCH3 is 2. The van der Waals surface area contributed by atoms with Crippen molar-refractivity contribution in [3.63, 3.8) is 0 Å². The van der Waals surface area contributed by atoms with Crippen molar-refractivity contribution in [2.45, 2.75) is 13.2 Å². The molecule has 0 fully saturated rings. The maximum atomic E-state index is 5.89. The molecule has 4 aromatic rings. The molecule has 0 N–H and O–H groups in total. The minimum absolute atomic E-state index is 0.571. The van der Waals surface area contributed by atoms with Gasteiger partial charge < -0.3 is 18.8 Å². The summed E-state index contributed by atoms with van der Waals surface area (Å²) in [4.78, 5) is 0. The second-order valence-corrected chi connectivity index (χ2v) is 7.01. The summed E-state index contributed by atoms with van der Waals surface area (Å²) >= 11 is 0. The summed E-state index contributed by atoms with van der Waals surface area (Å²) in [6.07, 6.45) is 2.09. The predicted octanol–water partition coefficient (Wildman–Crippen LogP) is 5.80. The molecule has 0 spiro atoms. The normalized spacial score (nSPS) is 10.6. The van der Waals surface area contributed by atoms with Gasteiger partial charge in [-0.15, -0.1) is 0 Å². The van der Waals surface area contributed by atoms with Gasteiger partial charge in [-0.1, -0.05) is 42.5 Å². The topological polar surface area (TPSA) is 32.6 Å². The molecule has 0 bridgehead atoms. The third-order valence-electron chi connectivity index (χ3n) is 5.03. The van der Waals surface area contributed by atoms with Gasteiger partial charge in [0.15, 0.2) is 11.5 Å². The highest BCUT2D eigenvalue weighted by Crippen LogP contribution is 2.32. The summed E-state index contributed by atoms with van der Waals surface area (Å²) < 4.78 is 18.9. The van der Waals surface area contributed by atoms with Crippen molar-refractivity contribution in [3.05, 3.63) is 102 Å². The Balaban J connectivity index is 1.46. The zero-order valence-corrected chi connectivity index (χ0v) is 17.2. The molecule has 0 saturated carbocycles. The van der Waals surface area contributed by atoms with Crippen molar-refractivity contribution in [3.8, 4) is 28.5 Å². The van der Waals surface area contributed by atoms with Crippen LogP contribution in [0.15, 0.2) is 91.1 Å². The van der Waals surface area contributed by atoms with E-state index in [9.17, 15) is 0 Å². The van der Waals surface area contributed by atoms with Crippen LogP contribution in [-0.2, 0) is 13.2 Å². The molecule has 0 atom stereocenters. The van der Waals surface area contributed by atoms with Crippen LogP contribution in [0.4, 0.5) is 0 Å². The first kappa shape index (κ1) is 19.6. The zero-order chi connectivity index (χ0) is 20.8. The number of nitrogens with zero attached hydrogens (tertiary/aromatic N) is 1. The summed E-state index contributed by atoms with van der Waals surface area (Å²) in [5, 5.41) is 0. The molecule has 0 aliphatic carbocycles. The Labute approximate surface area is 177 Å². The first-order valence-electron chi connectivity index (χ1n) is 9.90. The second-order valence-electron chi connectivity index (χ2n) is 7.01. The number of hydrogen-bond donors (Lipinski definition) is 0. The molecule has 30 heavy (non-hydrogen) atoms. The summed E-state index contributed by atoms with van der Waals surface area (Å²) in [6, 6.07) is 28.6. The fraction of sp³-hybridized carbons (Fsp3) is 0.154. The molecule has 1 heterocycles. The molecule has 4 heteroatoms. The lowest BCUT2D eigenvalue weighted by molar-refractivity contribution is 0.306. The minimum Gasteiger partial charge on any atom is -0.493 e. The number of rotatable bonds is 8. The van der Waals surface area contributed by atoms with Crippen LogP contribution >= 0.6 is 0 Å². The Morgan fingerprint density at radius 2 is 1.47 bits per heavy atom. The number of benzene rings is 3. The van der Waals surface area contributed by atoms with Gasteiger partial charge in [0.2, 0.25) is 0 Å². The van der Waals surface area contributed by atoms with Crippen molar-refractivity contribution in [1.29, 1.82) is 0 Å². The second kappa shape index (κ2) is 9.23. The van der Waals surface area contributed by atoms with Crippen LogP contribution in [0, 0.1) is 0 Å². The minimum atomic E-state index is 0.571. The average Bonchev–Trinajstić information content (AvgIpc) is 3.27. The van der Waals surface area contributed by atoms with Crippen LogP contribution in [0.3, 0.4) is 0 Å². The van der Waals surface area contributed by atoms with Gasteiger partial charge in [0.25, 0.3) is 0 Å². The summed E-state index contributed by atoms with van der Waals surface area (Å²) in [5.74, 6) is 2.32. The molecule has 3 aromatic carbocycles. The van der Waals surface area contributed by atoms with Gasteiger partial charge in [0, 0.05) is 24.0 Å². The van der Waals surface area contributed by atoms with Gasteiger partial charge in [-0.05, 0) is 53.6 Å². The maximum absolute atomic E-state index is 5.89. The van der Waals surface area contributed by atoms with Crippen molar-refractivity contribution < 1.29 is 14.2 Å². The molecule has 0 radical (unpaired) electrons. The Morgan fingerprint density at radius 3 is 2.20 bits per heavy atom. The number of hydrogen-bond acceptors (Lipinski definition) is 3. The number of ether oxygens (including phenoxy) is 3. The lowest BCUT2D eigenvalue weighted by atomic mass is 10.1. The van der Waals surface area contributed by atoms with Crippen LogP contribution in [0.25, 0.3) is 11.3 Å². The van der Waals surface area contributed by atoms with E-state index in [1.54, 1.807) is 14.2 Å². The maximum Gasteiger partial charge on any atom is 0.161 e. The monoisotopic (exact) mass is 399 g/mol. The van der Waals surface area contributed by atoms with E-state index in [0.717, 1.165) is 40.6 Å². The van der Waals surface area contributed by atoms with Gasteiger partial charge in [-0.3, -0.25) is 0 Å². The molecule has 0 unspecified atom stereocenters. The molecular formula is C26H25NO3. The predicted molar refractivity (Wildman–Crippen MR) is 119 cm³/mol. The van der Waals surface area contributed by atoms with E-state index in [-0.39, 0.29) is 0 Å². The highest BCUT2D eigenvalue weighted by atomic mass is 16.5. The van der Waals surface area contributed by atoms with Crippen LogP contribution in [-0.4, -0.2) is 18.8 Å². The molecule has 1 aromatic heterocycles. The summed E-state index contributed by atoms with van der Waals surface area (Å²) in [7, 11) is 3.30. The molecule has 0 saturated heterocycles. The smallest absolute Gasteiger partial charge is 0.161 e. The zero-order valence-electron chi connectivity index (χ0n) is 17.2. The Bertz CT molecular complexity index is 1080. The first-order valence-corrected chi connectivity index (χ1v) is 9.90.